The zero-order valence-corrected chi connectivity index (χ0v) is 22.1. The first-order valence-corrected chi connectivity index (χ1v) is 13.0. The third kappa shape index (κ3) is 6.28. The molecule has 1 N–H and O–H groups in total. The summed E-state index contributed by atoms with van der Waals surface area (Å²) in [4.78, 5) is 29.9. The van der Waals surface area contributed by atoms with Crippen LogP contribution < -0.4 is 10.3 Å². The van der Waals surface area contributed by atoms with Gasteiger partial charge in [-0.25, -0.2) is 9.78 Å². The number of nitrogens with zero attached hydrogens (tertiary/aromatic N) is 4. The van der Waals surface area contributed by atoms with Crippen molar-refractivity contribution in [2.45, 2.75) is 52.2 Å². The van der Waals surface area contributed by atoms with Gasteiger partial charge < -0.3 is 14.6 Å². The standard InChI is InChI=1S/C29H34N4O5/c1-4-9-23-26-27(32(3)31-23)28(34)33(25(30-26)19-20-10-7-6-8-11-20)16-17-38-22-14-12-21(13-15-22)18-24(29(35)36)37-5-2/h6-8,10-15,24H,4-5,9,16-19H2,1-3H3,(H,35,36). The molecule has 0 aliphatic heterocycles. The van der Waals surface area contributed by atoms with Crippen LogP contribution in [0.1, 0.15) is 42.9 Å². The molecule has 0 radical (unpaired) electrons. The number of aliphatic carboxylic acids is 1. The van der Waals surface area contributed by atoms with Crippen LogP contribution >= 0.6 is 0 Å². The lowest BCUT2D eigenvalue weighted by molar-refractivity contribution is -0.149. The fourth-order valence-corrected chi connectivity index (χ4v) is 4.52. The van der Waals surface area contributed by atoms with E-state index in [1.165, 1.54) is 0 Å². The highest BCUT2D eigenvalue weighted by Gasteiger charge is 2.19. The number of carboxylic acids is 1. The maximum atomic E-state index is 13.6. The van der Waals surface area contributed by atoms with Gasteiger partial charge in [0.25, 0.3) is 5.56 Å². The van der Waals surface area contributed by atoms with Crippen molar-refractivity contribution in [1.82, 2.24) is 19.3 Å². The zero-order chi connectivity index (χ0) is 27.1. The number of carboxylic acid groups (broad SMARTS) is 1. The first-order valence-electron chi connectivity index (χ1n) is 13.0. The smallest absolute Gasteiger partial charge is 0.333 e. The highest BCUT2D eigenvalue weighted by Crippen LogP contribution is 2.18. The molecule has 38 heavy (non-hydrogen) atoms. The molecule has 0 aliphatic rings. The van der Waals surface area contributed by atoms with Crippen LogP contribution in [0.4, 0.5) is 0 Å². The number of aryl methyl sites for hydroxylation is 2. The quantitative estimate of drug-likeness (QED) is 0.287. The molecule has 0 fully saturated rings. The number of hydrogen-bond acceptors (Lipinski definition) is 6. The molecule has 9 nitrogen and oxygen atoms in total. The van der Waals surface area contributed by atoms with Gasteiger partial charge in [-0.3, -0.25) is 14.0 Å². The molecule has 200 valence electrons. The van der Waals surface area contributed by atoms with Crippen molar-refractivity contribution < 1.29 is 19.4 Å². The van der Waals surface area contributed by atoms with E-state index in [0.717, 1.165) is 29.7 Å². The predicted octanol–water partition coefficient (Wildman–Crippen LogP) is 3.78. The SMILES string of the molecule is CCCc1nn(C)c2c(=O)n(CCOc3ccc(CC(OCC)C(=O)O)cc3)c(Cc3ccccc3)nc12. The van der Waals surface area contributed by atoms with Gasteiger partial charge in [0.15, 0.2) is 11.6 Å². The second-order valence-corrected chi connectivity index (χ2v) is 9.14. The molecule has 2 heterocycles. The Morgan fingerprint density at radius 1 is 1.05 bits per heavy atom. The van der Waals surface area contributed by atoms with Crippen LogP contribution in [0.5, 0.6) is 5.75 Å². The van der Waals surface area contributed by atoms with E-state index in [4.69, 9.17) is 14.5 Å². The maximum Gasteiger partial charge on any atom is 0.333 e. The summed E-state index contributed by atoms with van der Waals surface area (Å²) in [5.41, 5.74) is 3.79. The number of carbonyl (C=O) groups is 1. The van der Waals surface area contributed by atoms with Crippen LogP contribution in [0.15, 0.2) is 59.4 Å². The first-order chi connectivity index (χ1) is 18.4. The Bertz CT molecular complexity index is 1430. The second kappa shape index (κ2) is 12.5. The van der Waals surface area contributed by atoms with Crippen molar-refractivity contribution in [2.75, 3.05) is 13.2 Å². The van der Waals surface area contributed by atoms with Gasteiger partial charge in [0.2, 0.25) is 0 Å². The van der Waals surface area contributed by atoms with Crippen molar-refractivity contribution in [2.24, 2.45) is 7.05 Å². The topological polar surface area (TPSA) is 108 Å². The van der Waals surface area contributed by atoms with Gasteiger partial charge in [-0.15, -0.1) is 0 Å². The summed E-state index contributed by atoms with van der Waals surface area (Å²) in [6, 6.07) is 17.2. The Kier molecular flexibility index (Phi) is 8.91. The lowest BCUT2D eigenvalue weighted by atomic mass is 10.1. The van der Waals surface area contributed by atoms with Crippen molar-refractivity contribution in [3.05, 3.63) is 87.6 Å². The Morgan fingerprint density at radius 3 is 2.45 bits per heavy atom. The summed E-state index contributed by atoms with van der Waals surface area (Å²) in [6.07, 6.45) is 1.59. The van der Waals surface area contributed by atoms with Crippen LogP contribution in [0, 0.1) is 0 Å². The summed E-state index contributed by atoms with van der Waals surface area (Å²) in [5, 5.41) is 13.9. The molecule has 4 rings (SSSR count). The molecule has 0 saturated heterocycles. The Labute approximate surface area is 221 Å². The van der Waals surface area contributed by atoms with Gasteiger partial charge in [0.05, 0.1) is 12.2 Å². The van der Waals surface area contributed by atoms with Crippen LogP contribution in [0.3, 0.4) is 0 Å². The molecule has 1 atom stereocenters. The summed E-state index contributed by atoms with van der Waals surface area (Å²) in [6.45, 7) is 4.79. The van der Waals surface area contributed by atoms with Crippen molar-refractivity contribution in [3.63, 3.8) is 0 Å². The zero-order valence-electron chi connectivity index (χ0n) is 22.1. The first kappa shape index (κ1) is 27.1. The molecule has 0 saturated carbocycles. The molecular formula is C29H34N4O5. The molecule has 0 spiro atoms. The highest BCUT2D eigenvalue weighted by atomic mass is 16.5. The molecular weight excluding hydrogens is 484 g/mol. The number of aromatic nitrogens is 4. The summed E-state index contributed by atoms with van der Waals surface area (Å²) >= 11 is 0. The molecule has 0 aliphatic carbocycles. The Balaban J connectivity index is 1.54. The molecule has 4 aromatic rings. The summed E-state index contributed by atoms with van der Waals surface area (Å²) < 4.78 is 14.6. The monoisotopic (exact) mass is 518 g/mol. The van der Waals surface area contributed by atoms with E-state index >= 15 is 0 Å². The van der Waals surface area contributed by atoms with E-state index in [1.54, 1.807) is 35.4 Å². The molecule has 2 aromatic heterocycles. The minimum Gasteiger partial charge on any atom is -0.492 e. The van der Waals surface area contributed by atoms with Crippen LogP contribution in [-0.4, -0.2) is 49.7 Å². The lowest BCUT2D eigenvalue weighted by Gasteiger charge is -2.15. The van der Waals surface area contributed by atoms with E-state index in [-0.39, 0.29) is 18.6 Å². The molecule has 1 unspecified atom stereocenters. The average molecular weight is 519 g/mol. The molecule has 2 aromatic carbocycles. The number of ether oxygens (including phenoxy) is 2. The number of fused-ring (bicyclic) bond motifs is 1. The minimum absolute atomic E-state index is 0.132. The molecule has 9 heteroatoms. The van der Waals surface area contributed by atoms with Gasteiger partial charge >= 0.3 is 5.97 Å². The molecule has 0 bridgehead atoms. The maximum absolute atomic E-state index is 13.6. The van der Waals surface area contributed by atoms with E-state index in [0.29, 0.717) is 42.2 Å². The summed E-state index contributed by atoms with van der Waals surface area (Å²) in [7, 11) is 1.78. The molecule has 0 amide bonds. The lowest BCUT2D eigenvalue weighted by Crippen LogP contribution is -2.29. The number of benzene rings is 2. The van der Waals surface area contributed by atoms with Gasteiger partial charge in [0.1, 0.15) is 23.7 Å². The Morgan fingerprint density at radius 2 is 1.79 bits per heavy atom. The number of hydrogen-bond donors (Lipinski definition) is 1. The third-order valence-corrected chi connectivity index (χ3v) is 6.36. The van der Waals surface area contributed by atoms with Crippen LogP contribution in [-0.2, 0) is 42.4 Å². The second-order valence-electron chi connectivity index (χ2n) is 9.14. The van der Waals surface area contributed by atoms with E-state index in [1.807, 2.05) is 42.5 Å². The van der Waals surface area contributed by atoms with Crippen LogP contribution in [0.25, 0.3) is 11.0 Å². The minimum atomic E-state index is -0.982. The van der Waals surface area contributed by atoms with Gasteiger partial charge in [-0.05, 0) is 36.6 Å². The largest absolute Gasteiger partial charge is 0.492 e. The van der Waals surface area contributed by atoms with Gasteiger partial charge in [0, 0.05) is 26.5 Å². The van der Waals surface area contributed by atoms with Gasteiger partial charge in [-0.2, -0.15) is 5.10 Å². The average Bonchev–Trinajstić information content (AvgIpc) is 3.22. The normalized spacial score (nSPS) is 12.1. The van der Waals surface area contributed by atoms with Crippen molar-refractivity contribution in [1.29, 1.82) is 0 Å². The van der Waals surface area contributed by atoms with Crippen molar-refractivity contribution in [3.8, 4) is 5.75 Å². The number of rotatable bonds is 13. The Hall–Kier alpha value is -3.98. The summed E-state index contributed by atoms with van der Waals surface area (Å²) in [5.74, 6) is 0.327. The fraction of sp³-hybridized carbons (Fsp3) is 0.379. The fourth-order valence-electron chi connectivity index (χ4n) is 4.52. The predicted molar refractivity (Wildman–Crippen MR) is 145 cm³/mol. The van der Waals surface area contributed by atoms with E-state index < -0.39 is 12.1 Å². The van der Waals surface area contributed by atoms with E-state index in [2.05, 4.69) is 12.0 Å². The van der Waals surface area contributed by atoms with E-state index in [9.17, 15) is 14.7 Å². The highest BCUT2D eigenvalue weighted by molar-refractivity contribution is 5.76. The third-order valence-electron chi connectivity index (χ3n) is 6.36. The van der Waals surface area contributed by atoms with Crippen molar-refractivity contribution >= 4 is 17.0 Å². The van der Waals surface area contributed by atoms with Crippen LogP contribution in [0.2, 0.25) is 0 Å². The van der Waals surface area contributed by atoms with Gasteiger partial charge in [-0.1, -0.05) is 55.8 Å².